The maximum absolute atomic E-state index is 5.36. The van der Waals surface area contributed by atoms with E-state index in [1.807, 2.05) is 36.4 Å². The van der Waals surface area contributed by atoms with Crippen LogP contribution in [-0.2, 0) is 0 Å². The van der Waals surface area contributed by atoms with Crippen molar-refractivity contribution in [2.24, 2.45) is 0 Å². The lowest BCUT2D eigenvalue weighted by atomic mass is 9.88. The topological polar surface area (TPSA) is 48.5 Å². The first kappa shape index (κ1) is 38.1. The largest absolute Gasteiger partial charge is 0.307 e. The molecular formula is C63H39N5. The summed E-state index contributed by atoms with van der Waals surface area (Å²) >= 11 is 0. The van der Waals surface area contributed by atoms with Gasteiger partial charge in [0.05, 0.1) is 22.1 Å². The van der Waals surface area contributed by atoms with E-state index in [0.29, 0.717) is 17.5 Å². The molecule has 5 heteroatoms. The highest BCUT2D eigenvalue weighted by Crippen LogP contribution is 2.46. The van der Waals surface area contributed by atoms with Gasteiger partial charge < -0.3 is 9.13 Å². The molecular weight excluding hydrogens is 827 g/mol. The summed E-state index contributed by atoms with van der Waals surface area (Å²) in [7, 11) is 0. The monoisotopic (exact) mass is 865 g/mol. The first-order valence-corrected chi connectivity index (χ1v) is 23.1. The van der Waals surface area contributed by atoms with Crippen LogP contribution in [-0.4, -0.2) is 24.1 Å². The lowest BCUT2D eigenvalue weighted by Gasteiger charge is -2.17. The van der Waals surface area contributed by atoms with E-state index in [2.05, 4.69) is 209 Å². The molecule has 11 aromatic carbocycles. The molecule has 0 fully saturated rings. The van der Waals surface area contributed by atoms with Gasteiger partial charge in [0.25, 0.3) is 0 Å². The molecule has 0 N–H and O–H groups in total. The number of hydrogen-bond donors (Lipinski definition) is 0. The molecule has 0 aliphatic carbocycles. The molecule has 0 radical (unpaired) electrons. The van der Waals surface area contributed by atoms with E-state index < -0.39 is 0 Å². The molecule has 0 atom stereocenters. The van der Waals surface area contributed by atoms with Crippen LogP contribution in [0.4, 0.5) is 0 Å². The van der Waals surface area contributed by atoms with E-state index >= 15 is 0 Å². The fourth-order valence-electron chi connectivity index (χ4n) is 10.7. The Morgan fingerprint density at radius 3 is 1.26 bits per heavy atom. The van der Waals surface area contributed by atoms with Crippen LogP contribution < -0.4 is 0 Å². The van der Waals surface area contributed by atoms with Crippen molar-refractivity contribution in [3.63, 3.8) is 0 Å². The summed E-state index contributed by atoms with van der Waals surface area (Å²) in [6.45, 7) is 0. The molecule has 0 spiro atoms. The Balaban J connectivity index is 1.10. The van der Waals surface area contributed by atoms with Crippen LogP contribution in [0.1, 0.15) is 0 Å². The van der Waals surface area contributed by atoms with Gasteiger partial charge in [0.15, 0.2) is 17.5 Å². The van der Waals surface area contributed by atoms with Crippen LogP contribution in [0, 0.1) is 0 Å². The van der Waals surface area contributed by atoms with Crippen molar-refractivity contribution in [3.8, 4) is 56.7 Å². The van der Waals surface area contributed by atoms with Crippen LogP contribution >= 0.6 is 0 Å². The molecule has 14 rings (SSSR count). The summed E-state index contributed by atoms with van der Waals surface area (Å²) < 4.78 is 4.92. The molecule has 0 bridgehead atoms. The van der Waals surface area contributed by atoms with E-state index in [1.165, 1.54) is 54.3 Å². The Bertz CT molecular complexity index is 4230. The van der Waals surface area contributed by atoms with E-state index in [-0.39, 0.29) is 0 Å². The first-order valence-electron chi connectivity index (χ1n) is 23.1. The van der Waals surface area contributed by atoms with Gasteiger partial charge in [0, 0.05) is 55.0 Å². The zero-order valence-electron chi connectivity index (χ0n) is 36.8. The van der Waals surface area contributed by atoms with E-state index in [9.17, 15) is 0 Å². The average molecular weight is 866 g/mol. The van der Waals surface area contributed by atoms with Crippen molar-refractivity contribution < 1.29 is 0 Å². The minimum atomic E-state index is 0.626. The second-order valence-corrected chi connectivity index (χ2v) is 17.5. The molecule has 0 saturated heterocycles. The highest BCUT2D eigenvalue weighted by Gasteiger charge is 2.23. The van der Waals surface area contributed by atoms with Crippen LogP contribution in [0.15, 0.2) is 237 Å². The molecule has 0 amide bonds. The third kappa shape index (κ3) is 5.86. The molecule has 3 aromatic heterocycles. The van der Waals surface area contributed by atoms with E-state index in [4.69, 9.17) is 15.0 Å². The minimum absolute atomic E-state index is 0.626. The second kappa shape index (κ2) is 15.2. The maximum Gasteiger partial charge on any atom is 0.164 e. The van der Waals surface area contributed by atoms with Gasteiger partial charge in [-0.15, -0.1) is 0 Å². The Hall–Kier alpha value is -9.19. The van der Waals surface area contributed by atoms with Gasteiger partial charge >= 0.3 is 0 Å². The summed E-state index contributed by atoms with van der Waals surface area (Å²) in [6, 6.07) is 84.7. The minimum Gasteiger partial charge on any atom is -0.307 e. The van der Waals surface area contributed by atoms with Crippen molar-refractivity contribution in [1.29, 1.82) is 0 Å². The SMILES string of the molecule is c1ccc(-c2nc(-c3ccccc3)nc(-c3cc(-c4ccc5c6ccc7c8ccccc8n(-c8ccccc8)c7c6n(-c6ccccc6)c5c4)cc4c5ccccc5c5ccccc5c34)n2)cc1. The van der Waals surface area contributed by atoms with Gasteiger partial charge in [-0.25, -0.2) is 15.0 Å². The number of hydrogen-bond acceptors (Lipinski definition) is 3. The Morgan fingerprint density at radius 2 is 0.676 bits per heavy atom. The van der Waals surface area contributed by atoms with Gasteiger partial charge in [-0.05, 0) is 86.6 Å². The average Bonchev–Trinajstić information content (AvgIpc) is 3.94. The van der Waals surface area contributed by atoms with Crippen LogP contribution in [0.5, 0.6) is 0 Å². The lowest BCUT2D eigenvalue weighted by Crippen LogP contribution is -2.01. The van der Waals surface area contributed by atoms with Gasteiger partial charge in [0.1, 0.15) is 0 Å². The van der Waals surface area contributed by atoms with E-state index in [0.717, 1.165) is 60.9 Å². The number of para-hydroxylation sites is 3. The molecule has 14 aromatic rings. The number of benzene rings is 11. The summed E-state index contributed by atoms with van der Waals surface area (Å²) in [4.78, 5) is 15.8. The van der Waals surface area contributed by atoms with Crippen molar-refractivity contribution in [3.05, 3.63) is 237 Å². The highest BCUT2D eigenvalue weighted by atomic mass is 15.0. The van der Waals surface area contributed by atoms with Crippen LogP contribution in [0.2, 0.25) is 0 Å². The normalized spacial score (nSPS) is 11.8. The Kier molecular flexibility index (Phi) is 8.52. The van der Waals surface area contributed by atoms with Crippen molar-refractivity contribution in [2.75, 3.05) is 0 Å². The number of nitrogens with zero attached hydrogens (tertiary/aromatic N) is 5. The maximum atomic E-state index is 5.36. The summed E-state index contributed by atoms with van der Waals surface area (Å²) in [5.74, 6) is 1.89. The number of rotatable bonds is 6. The fourth-order valence-corrected chi connectivity index (χ4v) is 10.7. The molecule has 0 aliphatic heterocycles. The van der Waals surface area contributed by atoms with Gasteiger partial charge in [-0.3, -0.25) is 0 Å². The van der Waals surface area contributed by atoms with Crippen molar-refractivity contribution in [2.45, 2.75) is 0 Å². The number of aromatic nitrogens is 5. The third-order valence-corrected chi connectivity index (χ3v) is 13.7. The predicted molar refractivity (Wildman–Crippen MR) is 283 cm³/mol. The standard InChI is InChI=1S/C63H39N5/c1-5-19-40(20-6-1)61-64-62(41-21-7-2-8-22-41)66-63(65-61)55-38-43(37-54-48-29-14-13-27-46(48)47-28-15-16-31-51(47)58(54)55)42-33-34-50-53-36-35-52-49-30-17-18-32-56(49)67(44-23-9-3-10-24-44)59(52)60(53)68(57(50)39-42)45-25-11-4-12-26-45/h1-39H. The molecule has 0 saturated carbocycles. The van der Waals surface area contributed by atoms with Crippen molar-refractivity contribution in [1.82, 2.24) is 24.1 Å². The summed E-state index contributed by atoms with van der Waals surface area (Å²) in [5.41, 5.74) is 11.9. The molecule has 68 heavy (non-hydrogen) atoms. The third-order valence-electron chi connectivity index (χ3n) is 13.7. The van der Waals surface area contributed by atoms with Gasteiger partial charge in [0.2, 0.25) is 0 Å². The first-order chi connectivity index (χ1) is 33.7. The molecule has 5 nitrogen and oxygen atoms in total. The zero-order chi connectivity index (χ0) is 44.7. The predicted octanol–water partition coefficient (Wildman–Crippen LogP) is 16.2. The van der Waals surface area contributed by atoms with Crippen LogP contribution in [0.25, 0.3) is 133 Å². The molecule has 0 aliphatic rings. The Labute approximate surface area is 391 Å². The highest BCUT2D eigenvalue weighted by molar-refractivity contribution is 6.29. The summed E-state index contributed by atoms with van der Waals surface area (Å²) in [5, 5.41) is 11.8. The number of fused-ring (bicyclic) bond motifs is 13. The molecule has 316 valence electrons. The quantitative estimate of drug-likeness (QED) is 0.156. The van der Waals surface area contributed by atoms with Crippen LogP contribution in [0.3, 0.4) is 0 Å². The zero-order valence-corrected chi connectivity index (χ0v) is 36.8. The molecule has 0 unspecified atom stereocenters. The summed E-state index contributed by atoms with van der Waals surface area (Å²) in [6.07, 6.45) is 0. The lowest BCUT2D eigenvalue weighted by molar-refractivity contribution is 1.08. The second-order valence-electron chi connectivity index (χ2n) is 17.5. The van der Waals surface area contributed by atoms with E-state index in [1.54, 1.807) is 0 Å². The fraction of sp³-hybridized carbons (Fsp3) is 0. The molecule has 3 heterocycles. The van der Waals surface area contributed by atoms with Crippen molar-refractivity contribution >= 4 is 75.9 Å². The smallest absolute Gasteiger partial charge is 0.164 e. The van der Waals surface area contributed by atoms with Gasteiger partial charge in [-0.2, -0.15) is 0 Å². The van der Waals surface area contributed by atoms with Gasteiger partial charge in [-0.1, -0.05) is 188 Å². The Morgan fingerprint density at radius 1 is 0.250 bits per heavy atom.